The lowest BCUT2D eigenvalue weighted by molar-refractivity contribution is 0.170. The molecule has 0 bridgehead atoms. The third-order valence-corrected chi connectivity index (χ3v) is 2.73. The summed E-state index contributed by atoms with van der Waals surface area (Å²) in [4.78, 5) is 0. The minimum Gasteiger partial charge on any atom is -0.495 e. The van der Waals surface area contributed by atoms with Crippen LogP contribution in [-0.4, -0.2) is 28.1 Å². The summed E-state index contributed by atoms with van der Waals surface area (Å²) in [5, 5.41) is 15.0. The van der Waals surface area contributed by atoms with Crippen molar-refractivity contribution in [2.45, 2.75) is 19.6 Å². The van der Waals surface area contributed by atoms with Crippen LogP contribution in [0.1, 0.15) is 6.92 Å². The van der Waals surface area contributed by atoms with E-state index in [0.717, 1.165) is 10.9 Å². The largest absolute Gasteiger partial charge is 0.495 e. The molecule has 0 aliphatic rings. The molecule has 0 fully saturated rings. The van der Waals surface area contributed by atoms with Crippen molar-refractivity contribution >= 4 is 22.5 Å². The number of halogens is 1. The number of fused-ring (bicyclic) bond motifs is 1. The van der Waals surface area contributed by atoms with Gasteiger partial charge in [-0.05, 0) is 19.1 Å². The standard InChI is InChI=1S/C11H13ClN2O2/c1-7(15)6-14-11-8(5-13-14)3-4-9(16-2)10(11)12/h3-5,7,15H,6H2,1-2H3/t7-/m1/s1. The normalized spacial score (nSPS) is 13.0. The summed E-state index contributed by atoms with van der Waals surface area (Å²) in [5.74, 6) is 0.613. The summed E-state index contributed by atoms with van der Waals surface area (Å²) >= 11 is 6.20. The number of aromatic nitrogens is 2. The van der Waals surface area contributed by atoms with Crippen molar-refractivity contribution in [2.24, 2.45) is 0 Å². The highest BCUT2D eigenvalue weighted by atomic mass is 35.5. The smallest absolute Gasteiger partial charge is 0.139 e. The van der Waals surface area contributed by atoms with Crippen LogP contribution in [0.15, 0.2) is 18.3 Å². The number of aliphatic hydroxyl groups excluding tert-OH is 1. The second kappa shape index (κ2) is 4.31. The van der Waals surface area contributed by atoms with Gasteiger partial charge in [0.2, 0.25) is 0 Å². The van der Waals surface area contributed by atoms with Crippen molar-refractivity contribution in [3.8, 4) is 5.75 Å². The van der Waals surface area contributed by atoms with Gasteiger partial charge in [-0.25, -0.2) is 0 Å². The van der Waals surface area contributed by atoms with Gasteiger partial charge in [-0.3, -0.25) is 4.68 Å². The molecule has 2 aromatic rings. The van der Waals surface area contributed by atoms with Crippen molar-refractivity contribution < 1.29 is 9.84 Å². The van der Waals surface area contributed by atoms with Gasteiger partial charge in [0.25, 0.3) is 0 Å². The average Bonchev–Trinajstić information content (AvgIpc) is 2.62. The van der Waals surface area contributed by atoms with E-state index in [9.17, 15) is 5.11 Å². The Morgan fingerprint density at radius 2 is 2.31 bits per heavy atom. The molecular formula is C11H13ClN2O2. The van der Waals surface area contributed by atoms with Crippen LogP contribution in [0.2, 0.25) is 5.02 Å². The van der Waals surface area contributed by atoms with Gasteiger partial charge in [0.05, 0.1) is 31.5 Å². The van der Waals surface area contributed by atoms with E-state index in [1.54, 1.807) is 31.0 Å². The third-order valence-electron chi connectivity index (χ3n) is 2.36. The van der Waals surface area contributed by atoms with Crippen LogP contribution in [0.3, 0.4) is 0 Å². The fourth-order valence-corrected chi connectivity index (χ4v) is 2.01. The monoisotopic (exact) mass is 240 g/mol. The highest BCUT2D eigenvalue weighted by Gasteiger charge is 2.12. The first-order valence-corrected chi connectivity index (χ1v) is 5.37. The predicted molar refractivity (Wildman–Crippen MR) is 63.0 cm³/mol. The maximum Gasteiger partial charge on any atom is 0.139 e. The fraction of sp³-hybridized carbons (Fsp3) is 0.364. The molecule has 5 heteroatoms. The lowest BCUT2D eigenvalue weighted by atomic mass is 10.2. The van der Waals surface area contributed by atoms with Gasteiger partial charge < -0.3 is 9.84 Å². The van der Waals surface area contributed by atoms with Crippen LogP contribution in [0.4, 0.5) is 0 Å². The Morgan fingerprint density at radius 3 is 2.94 bits per heavy atom. The maximum atomic E-state index is 9.37. The number of hydrogen-bond acceptors (Lipinski definition) is 3. The molecule has 1 aromatic carbocycles. The van der Waals surface area contributed by atoms with Crippen molar-refractivity contribution in [1.82, 2.24) is 9.78 Å². The van der Waals surface area contributed by atoms with Gasteiger partial charge in [-0.2, -0.15) is 5.10 Å². The summed E-state index contributed by atoms with van der Waals surface area (Å²) < 4.78 is 6.83. The molecule has 1 N–H and O–H groups in total. The van der Waals surface area contributed by atoms with E-state index in [2.05, 4.69) is 5.10 Å². The number of ether oxygens (including phenoxy) is 1. The topological polar surface area (TPSA) is 47.3 Å². The first kappa shape index (κ1) is 11.2. The second-order valence-electron chi connectivity index (χ2n) is 3.70. The molecule has 4 nitrogen and oxygen atoms in total. The van der Waals surface area contributed by atoms with E-state index in [1.165, 1.54) is 0 Å². The minimum absolute atomic E-state index is 0.413. The zero-order chi connectivity index (χ0) is 11.7. The van der Waals surface area contributed by atoms with E-state index in [4.69, 9.17) is 16.3 Å². The molecule has 0 aliphatic carbocycles. The van der Waals surface area contributed by atoms with Gasteiger partial charge in [0.15, 0.2) is 0 Å². The molecule has 0 radical (unpaired) electrons. The number of nitrogens with zero attached hydrogens (tertiary/aromatic N) is 2. The highest BCUT2D eigenvalue weighted by molar-refractivity contribution is 6.36. The summed E-state index contributed by atoms with van der Waals surface area (Å²) in [6.45, 7) is 2.12. The van der Waals surface area contributed by atoms with Gasteiger partial charge >= 0.3 is 0 Å². The third kappa shape index (κ3) is 1.86. The first-order chi connectivity index (χ1) is 7.63. The zero-order valence-corrected chi connectivity index (χ0v) is 9.90. The summed E-state index contributed by atoms with van der Waals surface area (Å²) in [5.41, 5.74) is 0.793. The van der Waals surface area contributed by atoms with Gasteiger partial charge in [-0.1, -0.05) is 11.6 Å². The van der Waals surface area contributed by atoms with Crippen LogP contribution in [0.25, 0.3) is 10.9 Å². The molecule has 16 heavy (non-hydrogen) atoms. The molecule has 0 amide bonds. The Balaban J connectivity index is 2.59. The molecule has 1 atom stereocenters. The summed E-state index contributed by atoms with van der Waals surface area (Å²) in [6.07, 6.45) is 1.26. The van der Waals surface area contributed by atoms with Crippen molar-refractivity contribution in [3.05, 3.63) is 23.4 Å². The predicted octanol–water partition coefficient (Wildman–Crippen LogP) is 2.08. The quantitative estimate of drug-likeness (QED) is 0.894. The molecule has 86 valence electrons. The van der Waals surface area contributed by atoms with E-state index in [0.29, 0.717) is 17.3 Å². The zero-order valence-electron chi connectivity index (χ0n) is 9.14. The van der Waals surface area contributed by atoms with Crippen molar-refractivity contribution in [2.75, 3.05) is 7.11 Å². The van der Waals surface area contributed by atoms with E-state index in [-0.39, 0.29) is 0 Å². The molecule has 2 rings (SSSR count). The maximum absolute atomic E-state index is 9.37. The average molecular weight is 241 g/mol. The number of aliphatic hydroxyl groups is 1. The minimum atomic E-state index is -0.467. The number of benzene rings is 1. The fourth-order valence-electron chi connectivity index (χ4n) is 1.66. The molecule has 1 aromatic heterocycles. The first-order valence-electron chi connectivity index (χ1n) is 4.99. The van der Waals surface area contributed by atoms with Crippen LogP contribution >= 0.6 is 11.6 Å². The van der Waals surface area contributed by atoms with Crippen LogP contribution in [0, 0.1) is 0 Å². The Kier molecular flexibility index (Phi) is 3.03. The van der Waals surface area contributed by atoms with Crippen LogP contribution in [-0.2, 0) is 6.54 Å². The van der Waals surface area contributed by atoms with Gasteiger partial charge in [-0.15, -0.1) is 0 Å². The molecule has 0 unspecified atom stereocenters. The molecule has 0 saturated carbocycles. The molecular weight excluding hydrogens is 228 g/mol. The van der Waals surface area contributed by atoms with Gasteiger partial charge in [0, 0.05) is 5.39 Å². The van der Waals surface area contributed by atoms with E-state index < -0.39 is 6.10 Å². The Hall–Kier alpha value is -1.26. The SMILES string of the molecule is COc1ccc2cnn(C[C@@H](C)O)c2c1Cl. The lowest BCUT2D eigenvalue weighted by Crippen LogP contribution is -2.12. The molecule has 1 heterocycles. The molecule has 0 saturated heterocycles. The Labute approximate surface area is 98.4 Å². The summed E-state index contributed by atoms with van der Waals surface area (Å²) in [7, 11) is 1.57. The van der Waals surface area contributed by atoms with Crippen LogP contribution < -0.4 is 4.74 Å². The number of rotatable bonds is 3. The Bertz CT molecular complexity index is 508. The number of methoxy groups -OCH3 is 1. The Morgan fingerprint density at radius 1 is 1.56 bits per heavy atom. The van der Waals surface area contributed by atoms with Crippen molar-refractivity contribution in [1.29, 1.82) is 0 Å². The van der Waals surface area contributed by atoms with Crippen molar-refractivity contribution in [3.63, 3.8) is 0 Å². The van der Waals surface area contributed by atoms with Crippen LogP contribution in [0.5, 0.6) is 5.75 Å². The molecule has 0 aliphatic heterocycles. The van der Waals surface area contributed by atoms with E-state index >= 15 is 0 Å². The van der Waals surface area contributed by atoms with Gasteiger partial charge in [0.1, 0.15) is 10.8 Å². The lowest BCUT2D eigenvalue weighted by Gasteiger charge is -2.09. The summed E-state index contributed by atoms with van der Waals surface area (Å²) in [6, 6.07) is 3.70. The second-order valence-corrected chi connectivity index (χ2v) is 4.07. The number of hydrogen-bond donors (Lipinski definition) is 1. The van der Waals surface area contributed by atoms with E-state index in [1.807, 2.05) is 6.07 Å². The molecule has 0 spiro atoms. The highest BCUT2D eigenvalue weighted by Crippen LogP contribution is 2.32.